The second kappa shape index (κ2) is 6.03. The second-order valence-electron chi connectivity index (χ2n) is 4.94. The Balaban J connectivity index is 2.03. The third kappa shape index (κ3) is 3.16. The maximum Gasteiger partial charge on any atom is 0.337 e. The van der Waals surface area contributed by atoms with Crippen molar-refractivity contribution in [2.75, 3.05) is 13.7 Å². The van der Waals surface area contributed by atoms with Gasteiger partial charge in [0.15, 0.2) is 0 Å². The second-order valence-corrected chi connectivity index (χ2v) is 5.80. The van der Waals surface area contributed by atoms with Crippen molar-refractivity contribution in [2.24, 2.45) is 0 Å². The molecule has 19 heavy (non-hydrogen) atoms. The lowest BCUT2D eigenvalue weighted by molar-refractivity contribution is 0.0600. The summed E-state index contributed by atoms with van der Waals surface area (Å²) in [5.74, 6) is -0.342. The molecule has 2 N–H and O–H groups in total. The lowest BCUT2D eigenvalue weighted by atomic mass is 9.77. The molecule has 2 rings (SSSR count). The number of carbonyl (C=O) groups excluding carboxylic acids is 1. The van der Waals surface area contributed by atoms with E-state index in [2.05, 4.69) is 26.0 Å². The molecule has 1 aromatic rings. The first-order valence-electron chi connectivity index (χ1n) is 6.33. The summed E-state index contributed by atoms with van der Waals surface area (Å²) in [6.07, 6.45) is 3.19. The topological polar surface area (TPSA) is 58.6 Å². The summed E-state index contributed by atoms with van der Waals surface area (Å²) in [7, 11) is 1.37. The number of hydrogen-bond donors (Lipinski definition) is 2. The molecule has 0 atom stereocenters. The van der Waals surface area contributed by atoms with Crippen LogP contribution in [0.1, 0.15) is 35.2 Å². The van der Waals surface area contributed by atoms with Crippen LogP contribution in [0.2, 0.25) is 0 Å². The van der Waals surface area contributed by atoms with Crippen LogP contribution in [0.25, 0.3) is 0 Å². The maximum atomic E-state index is 11.4. The normalized spacial score (nSPS) is 16.8. The number of esters is 1. The lowest BCUT2D eigenvalue weighted by Crippen LogP contribution is -2.53. The van der Waals surface area contributed by atoms with Gasteiger partial charge in [0.2, 0.25) is 0 Å². The molecule has 0 aliphatic heterocycles. The highest BCUT2D eigenvalue weighted by atomic mass is 79.9. The van der Waals surface area contributed by atoms with Crippen molar-refractivity contribution in [2.45, 2.75) is 31.3 Å². The van der Waals surface area contributed by atoms with Gasteiger partial charge in [0, 0.05) is 16.6 Å². The number of hydrogen-bond acceptors (Lipinski definition) is 4. The lowest BCUT2D eigenvalue weighted by Gasteiger charge is -2.41. The summed E-state index contributed by atoms with van der Waals surface area (Å²) in [5, 5.41) is 12.8. The van der Waals surface area contributed by atoms with Crippen molar-refractivity contribution in [3.63, 3.8) is 0 Å². The number of methoxy groups -OCH3 is 1. The minimum atomic E-state index is -0.342. The van der Waals surface area contributed by atoms with Crippen LogP contribution in [-0.2, 0) is 11.3 Å². The van der Waals surface area contributed by atoms with E-state index in [9.17, 15) is 9.90 Å². The fourth-order valence-electron chi connectivity index (χ4n) is 2.21. The van der Waals surface area contributed by atoms with Crippen molar-refractivity contribution in [3.8, 4) is 0 Å². The van der Waals surface area contributed by atoms with Crippen LogP contribution >= 0.6 is 15.9 Å². The number of aliphatic hydroxyl groups excluding tert-OH is 1. The van der Waals surface area contributed by atoms with E-state index < -0.39 is 0 Å². The molecule has 1 saturated carbocycles. The van der Waals surface area contributed by atoms with E-state index in [1.165, 1.54) is 7.11 Å². The summed E-state index contributed by atoms with van der Waals surface area (Å²) in [6, 6.07) is 5.41. The molecule has 0 spiro atoms. The number of ether oxygens (including phenoxy) is 1. The summed E-state index contributed by atoms with van der Waals surface area (Å²) in [6.45, 7) is 0.841. The predicted molar refractivity (Wildman–Crippen MR) is 76.0 cm³/mol. The van der Waals surface area contributed by atoms with Gasteiger partial charge in [-0.3, -0.25) is 0 Å². The van der Waals surface area contributed by atoms with Gasteiger partial charge in [-0.2, -0.15) is 0 Å². The standard InChI is InChI=1S/C14H18BrNO3/c1-19-13(18)10-3-4-11(12(15)7-10)8-16-14(9-17)5-2-6-14/h3-4,7,16-17H,2,5-6,8-9H2,1H3. The highest BCUT2D eigenvalue weighted by molar-refractivity contribution is 9.10. The molecule has 1 aliphatic carbocycles. The fourth-order valence-corrected chi connectivity index (χ4v) is 2.73. The van der Waals surface area contributed by atoms with E-state index in [1.54, 1.807) is 12.1 Å². The Morgan fingerprint density at radius 2 is 2.26 bits per heavy atom. The zero-order valence-corrected chi connectivity index (χ0v) is 12.5. The molecule has 1 aromatic carbocycles. The first-order valence-corrected chi connectivity index (χ1v) is 7.12. The molecule has 0 saturated heterocycles. The van der Waals surface area contributed by atoms with Crippen LogP contribution in [0, 0.1) is 0 Å². The van der Waals surface area contributed by atoms with Crippen LogP contribution in [-0.4, -0.2) is 30.3 Å². The summed E-state index contributed by atoms with van der Waals surface area (Å²) in [4.78, 5) is 11.4. The third-order valence-electron chi connectivity index (χ3n) is 3.74. The van der Waals surface area contributed by atoms with Gasteiger partial charge in [0.1, 0.15) is 0 Å². The van der Waals surface area contributed by atoms with Gasteiger partial charge >= 0.3 is 5.97 Å². The smallest absolute Gasteiger partial charge is 0.337 e. The fraction of sp³-hybridized carbons (Fsp3) is 0.500. The van der Waals surface area contributed by atoms with Crippen molar-refractivity contribution >= 4 is 21.9 Å². The summed E-state index contributed by atoms with van der Waals surface area (Å²) < 4.78 is 5.55. The average Bonchev–Trinajstić information content (AvgIpc) is 2.38. The average molecular weight is 328 g/mol. The number of carbonyl (C=O) groups is 1. The quantitative estimate of drug-likeness (QED) is 0.814. The first kappa shape index (κ1) is 14.5. The van der Waals surface area contributed by atoms with E-state index in [-0.39, 0.29) is 18.1 Å². The van der Waals surface area contributed by atoms with E-state index in [0.29, 0.717) is 12.1 Å². The zero-order chi connectivity index (χ0) is 13.9. The Kier molecular flexibility index (Phi) is 4.60. The molecule has 0 unspecified atom stereocenters. The minimum absolute atomic E-state index is 0.111. The molecular weight excluding hydrogens is 310 g/mol. The number of aliphatic hydroxyl groups is 1. The molecule has 0 bridgehead atoms. The Hall–Kier alpha value is -0.910. The van der Waals surface area contributed by atoms with Crippen molar-refractivity contribution in [1.29, 1.82) is 0 Å². The number of halogens is 1. The van der Waals surface area contributed by atoms with E-state index in [4.69, 9.17) is 0 Å². The number of rotatable bonds is 5. The van der Waals surface area contributed by atoms with Gasteiger partial charge < -0.3 is 15.2 Å². The van der Waals surface area contributed by atoms with Crippen LogP contribution in [0.4, 0.5) is 0 Å². The van der Waals surface area contributed by atoms with Crippen molar-refractivity contribution < 1.29 is 14.6 Å². The molecule has 0 amide bonds. The van der Waals surface area contributed by atoms with Crippen LogP contribution < -0.4 is 5.32 Å². The third-order valence-corrected chi connectivity index (χ3v) is 4.48. The zero-order valence-electron chi connectivity index (χ0n) is 10.9. The summed E-state index contributed by atoms with van der Waals surface area (Å²) >= 11 is 3.46. The van der Waals surface area contributed by atoms with Gasteiger partial charge in [-0.15, -0.1) is 0 Å². The Bertz CT molecular complexity index is 466. The largest absolute Gasteiger partial charge is 0.465 e. The molecule has 0 radical (unpaired) electrons. The van der Waals surface area contributed by atoms with Crippen molar-refractivity contribution in [3.05, 3.63) is 33.8 Å². The monoisotopic (exact) mass is 327 g/mol. The molecule has 5 heteroatoms. The molecule has 4 nitrogen and oxygen atoms in total. The molecule has 104 valence electrons. The van der Waals surface area contributed by atoms with Gasteiger partial charge in [-0.1, -0.05) is 22.0 Å². The van der Waals surface area contributed by atoms with Gasteiger partial charge in [0.25, 0.3) is 0 Å². The van der Waals surface area contributed by atoms with Gasteiger partial charge in [0.05, 0.1) is 19.3 Å². The molecule has 1 fully saturated rings. The molecule has 0 aromatic heterocycles. The van der Waals surface area contributed by atoms with Crippen LogP contribution in [0.15, 0.2) is 22.7 Å². The van der Waals surface area contributed by atoms with E-state index in [0.717, 1.165) is 29.3 Å². The summed E-state index contributed by atoms with van der Waals surface area (Å²) in [5.41, 5.74) is 1.48. The molecule has 1 aliphatic rings. The number of nitrogens with one attached hydrogen (secondary N) is 1. The first-order chi connectivity index (χ1) is 9.10. The Morgan fingerprint density at radius 3 is 2.74 bits per heavy atom. The van der Waals surface area contributed by atoms with E-state index in [1.807, 2.05) is 6.07 Å². The minimum Gasteiger partial charge on any atom is -0.465 e. The van der Waals surface area contributed by atoms with Crippen LogP contribution in [0.5, 0.6) is 0 Å². The highest BCUT2D eigenvalue weighted by Gasteiger charge is 2.35. The van der Waals surface area contributed by atoms with Crippen LogP contribution in [0.3, 0.4) is 0 Å². The molecular formula is C14H18BrNO3. The van der Waals surface area contributed by atoms with E-state index >= 15 is 0 Å². The Labute approximate surface area is 121 Å². The SMILES string of the molecule is COC(=O)c1ccc(CNC2(CO)CCC2)c(Br)c1. The van der Waals surface area contributed by atoms with Crippen molar-refractivity contribution in [1.82, 2.24) is 5.32 Å². The molecule has 0 heterocycles. The predicted octanol–water partition coefficient (Wildman–Crippen LogP) is 2.24. The Morgan fingerprint density at radius 1 is 1.53 bits per heavy atom. The van der Waals surface area contributed by atoms with Gasteiger partial charge in [-0.05, 0) is 37.0 Å². The maximum absolute atomic E-state index is 11.4. The van der Waals surface area contributed by atoms with Gasteiger partial charge in [-0.25, -0.2) is 4.79 Å². The number of benzene rings is 1. The highest BCUT2D eigenvalue weighted by Crippen LogP contribution is 2.32.